The van der Waals surface area contributed by atoms with Crippen molar-refractivity contribution in [3.63, 3.8) is 0 Å². The van der Waals surface area contributed by atoms with E-state index in [1.165, 1.54) is 0 Å². The van der Waals surface area contributed by atoms with Crippen molar-refractivity contribution in [3.05, 3.63) is 0 Å². The average Bonchev–Trinajstić information content (AvgIpc) is 2.17. The Morgan fingerprint density at radius 3 is 2.43 bits per heavy atom. The van der Waals surface area contributed by atoms with E-state index in [9.17, 15) is 0 Å². The lowest BCUT2D eigenvalue weighted by molar-refractivity contribution is 0.126. The molecule has 1 N–H and O–H groups in total. The molecule has 80 valence electrons. The van der Waals surface area contributed by atoms with Gasteiger partial charge >= 0.3 is 0 Å². The Hall–Kier alpha value is -0.110. The lowest BCUT2D eigenvalue weighted by atomic mass is 10.2. The zero-order chi connectivity index (χ0) is 10.6. The molecule has 1 saturated heterocycles. The van der Waals surface area contributed by atoms with Crippen molar-refractivity contribution in [2.45, 2.75) is 0 Å². The van der Waals surface area contributed by atoms with Crippen LogP contribution in [0.15, 0.2) is 0 Å². The van der Waals surface area contributed by atoms with Crippen LogP contribution in [0.4, 0.5) is 0 Å². The zero-order valence-corrected chi connectivity index (χ0v) is 10.3. The molecule has 0 atom stereocenters. The molecule has 0 aromatic heterocycles. The van der Waals surface area contributed by atoms with E-state index in [0.29, 0.717) is 13.2 Å². The van der Waals surface area contributed by atoms with Gasteiger partial charge in [0.2, 0.25) is 0 Å². The summed E-state index contributed by atoms with van der Waals surface area (Å²) in [4.78, 5) is 0. The lowest BCUT2D eigenvalue weighted by Gasteiger charge is -2.33. The average molecular weight is 234 g/mol. The van der Waals surface area contributed by atoms with Gasteiger partial charge in [0.25, 0.3) is 6.64 Å². The van der Waals surface area contributed by atoms with Crippen molar-refractivity contribution in [1.82, 2.24) is 9.99 Å². The predicted octanol–water partition coefficient (Wildman–Crippen LogP) is 0.616. The minimum absolute atomic E-state index is 0.124. The summed E-state index contributed by atoms with van der Waals surface area (Å²) in [5.74, 6) is 3.11. The van der Waals surface area contributed by atoms with Gasteiger partial charge in [-0.2, -0.15) is 0 Å². The standard InChI is InChI=1S/C8H15N2O2PS/c1-9-5-4-8-6-11-13(14,10(2)3)12-7-8/h8-9H,6-7H2,1-3H3. The second-order valence-electron chi connectivity index (χ2n) is 3.12. The number of hydrogen-bond acceptors (Lipinski definition) is 4. The Morgan fingerprint density at radius 1 is 1.43 bits per heavy atom. The zero-order valence-electron chi connectivity index (χ0n) is 8.61. The second kappa shape index (κ2) is 5.11. The van der Waals surface area contributed by atoms with Crippen LogP contribution in [-0.2, 0) is 20.9 Å². The van der Waals surface area contributed by atoms with E-state index in [0.717, 1.165) is 0 Å². The van der Waals surface area contributed by atoms with E-state index in [-0.39, 0.29) is 5.92 Å². The molecule has 0 unspecified atom stereocenters. The Bertz CT molecular complexity index is 285. The molecule has 0 radical (unpaired) electrons. The molecule has 1 aliphatic heterocycles. The Labute approximate surface area is 90.2 Å². The van der Waals surface area contributed by atoms with Gasteiger partial charge in [-0.05, 0) is 25.9 Å². The van der Waals surface area contributed by atoms with Crippen LogP contribution in [0.3, 0.4) is 0 Å². The van der Waals surface area contributed by atoms with Crippen LogP contribution in [0.2, 0.25) is 0 Å². The van der Waals surface area contributed by atoms with E-state index in [4.69, 9.17) is 20.9 Å². The molecule has 0 spiro atoms. The van der Waals surface area contributed by atoms with Crippen molar-refractivity contribution in [2.75, 3.05) is 34.4 Å². The molecule has 0 amide bonds. The van der Waals surface area contributed by atoms with Crippen LogP contribution in [0.25, 0.3) is 0 Å². The first kappa shape index (κ1) is 12.0. The number of nitrogens with one attached hydrogen (secondary N) is 1. The number of nitrogens with zero attached hydrogens (tertiary/aromatic N) is 1. The van der Waals surface area contributed by atoms with Crippen LogP contribution in [-0.4, -0.2) is 39.0 Å². The minimum atomic E-state index is -2.18. The number of hydrogen-bond donors (Lipinski definition) is 1. The second-order valence-corrected chi connectivity index (χ2v) is 6.76. The Kier molecular flexibility index (Phi) is 4.36. The molecule has 6 heteroatoms. The summed E-state index contributed by atoms with van der Waals surface area (Å²) in [6, 6.07) is 2.78. The maximum absolute atomic E-state index is 5.54. The van der Waals surface area contributed by atoms with Gasteiger partial charge in [-0.25, -0.2) is 4.67 Å². The maximum atomic E-state index is 5.54. The van der Waals surface area contributed by atoms with Crippen molar-refractivity contribution < 1.29 is 9.05 Å². The summed E-state index contributed by atoms with van der Waals surface area (Å²) >= 11 is 5.27. The van der Waals surface area contributed by atoms with E-state index in [2.05, 4.69) is 17.3 Å². The van der Waals surface area contributed by atoms with E-state index < -0.39 is 6.64 Å². The van der Waals surface area contributed by atoms with Gasteiger partial charge in [-0.3, -0.25) is 0 Å². The predicted molar refractivity (Wildman–Crippen MR) is 60.2 cm³/mol. The summed E-state index contributed by atoms with van der Waals surface area (Å²) in [5, 5.41) is 2.76. The van der Waals surface area contributed by atoms with Crippen LogP contribution in [0.1, 0.15) is 0 Å². The third-order valence-electron chi connectivity index (χ3n) is 1.77. The van der Waals surface area contributed by atoms with Crippen molar-refractivity contribution >= 4 is 18.4 Å². The van der Waals surface area contributed by atoms with Gasteiger partial charge in [-0.15, -0.1) is 0 Å². The molecule has 0 aromatic rings. The van der Waals surface area contributed by atoms with Crippen molar-refractivity contribution in [3.8, 4) is 12.0 Å². The third kappa shape index (κ3) is 2.94. The quantitative estimate of drug-likeness (QED) is 0.408. The summed E-state index contributed by atoms with van der Waals surface area (Å²) < 4.78 is 12.9. The molecular weight excluding hydrogens is 219 g/mol. The van der Waals surface area contributed by atoms with Crippen LogP contribution in [0, 0.1) is 17.9 Å². The molecule has 14 heavy (non-hydrogen) atoms. The summed E-state index contributed by atoms with van der Waals surface area (Å²) in [6.07, 6.45) is 0. The molecule has 0 aliphatic carbocycles. The van der Waals surface area contributed by atoms with Gasteiger partial charge in [0.05, 0.1) is 19.1 Å². The smallest absolute Gasteiger partial charge is 0.263 e. The molecule has 1 rings (SSSR count). The van der Waals surface area contributed by atoms with Crippen LogP contribution in [0.5, 0.6) is 0 Å². The fraction of sp³-hybridized carbons (Fsp3) is 0.750. The molecule has 0 bridgehead atoms. The van der Waals surface area contributed by atoms with Crippen molar-refractivity contribution in [2.24, 2.45) is 5.92 Å². The first-order valence-corrected chi connectivity index (χ1v) is 6.92. The highest BCUT2D eigenvalue weighted by atomic mass is 32.5. The van der Waals surface area contributed by atoms with Gasteiger partial charge in [0, 0.05) is 13.1 Å². The minimum Gasteiger partial charge on any atom is -0.349 e. The van der Waals surface area contributed by atoms with Crippen LogP contribution >= 0.6 is 6.64 Å². The van der Waals surface area contributed by atoms with E-state index in [1.54, 1.807) is 7.05 Å². The van der Waals surface area contributed by atoms with Gasteiger partial charge in [0.1, 0.15) is 0 Å². The monoisotopic (exact) mass is 234 g/mol. The summed E-state index contributed by atoms with van der Waals surface area (Å²) in [6.45, 7) is -1.06. The van der Waals surface area contributed by atoms with Gasteiger partial charge in [0.15, 0.2) is 0 Å². The molecule has 4 nitrogen and oxygen atoms in total. The third-order valence-corrected chi connectivity index (χ3v) is 5.31. The van der Waals surface area contributed by atoms with E-state index >= 15 is 0 Å². The SMILES string of the molecule is CNC#CC1COP(=S)(N(C)C)OC1. The first-order chi connectivity index (χ1) is 6.58. The first-order valence-electron chi connectivity index (χ1n) is 4.32. The molecule has 1 aliphatic rings. The topological polar surface area (TPSA) is 33.7 Å². The highest BCUT2D eigenvalue weighted by molar-refractivity contribution is 8.08. The molecule has 1 fully saturated rings. The lowest BCUT2D eigenvalue weighted by Crippen LogP contribution is -2.25. The Balaban J connectivity index is 2.50. The molecule has 1 heterocycles. The fourth-order valence-electron chi connectivity index (χ4n) is 0.942. The molecule has 0 saturated carbocycles. The molecule has 0 aromatic carbocycles. The highest BCUT2D eigenvalue weighted by Crippen LogP contribution is 2.53. The number of rotatable bonds is 1. The maximum Gasteiger partial charge on any atom is 0.263 e. The van der Waals surface area contributed by atoms with Crippen molar-refractivity contribution in [1.29, 1.82) is 0 Å². The van der Waals surface area contributed by atoms with E-state index in [1.807, 2.05) is 18.8 Å². The van der Waals surface area contributed by atoms with Gasteiger partial charge < -0.3 is 14.4 Å². The summed E-state index contributed by atoms with van der Waals surface area (Å²) in [5.41, 5.74) is 0. The van der Waals surface area contributed by atoms with Crippen LogP contribution < -0.4 is 5.32 Å². The largest absolute Gasteiger partial charge is 0.349 e. The van der Waals surface area contributed by atoms with Gasteiger partial charge in [-0.1, -0.05) is 5.92 Å². The highest BCUT2D eigenvalue weighted by Gasteiger charge is 2.29. The normalized spacial score (nSPS) is 32.1. The Morgan fingerprint density at radius 2 is 2.00 bits per heavy atom. The fourth-order valence-corrected chi connectivity index (χ4v) is 2.58. The summed E-state index contributed by atoms with van der Waals surface area (Å²) in [7, 11) is 5.53. The molecular formula is C8H15N2O2PS.